The summed E-state index contributed by atoms with van der Waals surface area (Å²) in [6.45, 7) is 5.25. The minimum Gasteiger partial charge on any atom is -0.344 e. The smallest absolute Gasteiger partial charge is 0.319 e. The molecular weight excluding hydrogens is 189 g/mol. The normalized spacial score (nSPS) is 10.1. The summed E-state index contributed by atoms with van der Waals surface area (Å²) < 4.78 is 20.8. The number of hydrogen-bond acceptors (Lipinski definition) is 4. The minimum atomic E-state index is -2.18. The van der Waals surface area contributed by atoms with E-state index in [0.29, 0.717) is 13.2 Å². The predicted molar refractivity (Wildman–Crippen MR) is 55.7 cm³/mol. The van der Waals surface area contributed by atoms with Crippen LogP contribution in [-0.2, 0) is 13.6 Å². The van der Waals surface area contributed by atoms with Crippen molar-refractivity contribution in [2.24, 2.45) is 0 Å². The molecule has 0 aromatic rings. The second-order valence-corrected chi connectivity index (χ2v) is 3.73. The van der Waals surface area contributed by atoms with Gasteiger partial charge in [0.15, 0.2) is 0 Å². The highest BCUT2D eigenvalue weighted by atomic mass is 31.1. The summed E-state index contributed by atoms with van der Waals surface area (Å²) in [6, 6.07) is 0. The second-order valence-electron chi connectivity index (χ2n) is 2.65. The molecule has 0 unspecified atom stereocenters. The van der Waals surface area contributed by atoms with E-state index in [1.165, 1.54) is 0 Å². The van der Waals surface area contributed by atoms with Gasteiger partial charge >= 0.3 is 8.25 Å². The van der Waals surface area contributed by atoms with E-state index in [1.54, 1.807) is 0 Å². The van der Waals surface area contributed by atoms with Crippen molar-refractivity contribution >= 4 is 8.25 Å². The molecule has 0 aromatic carbocycles. The highest BCUT2D eigenvalue weighted by molar-refractivity contribution is 7.33. The highest BCUT2D eigenvalue weighted by Crippen LogP contribution is 2.24. The van der Waals surface area contributed by atoms with Crippen molar-refractivity contribution in [2.45, 2.75) is 39.5 Å². The van der Waals surface area contributed by atoms with Crippen LogP contribution < -0.4 is 6.15 Å². The summed E-state index contributed by atoms with van der Waals surface area (Å²) >= 11 is 0. The van der Waals surface area contributed by atoms with Gasteiger partial charge in [-0.05, 0) is 12.8 Å². The standard InChI is InChI=1S/C8H19O3P.H3N/c1-3-5-7-10-12(9)11-8-6-4-2;/h12H,3-8H2,1-2H3;1H3. The summed E-state index contributed by atoms with van der Waals surface area (Å²) in [4.78, 5) is 0. The van der Waals surface area contributed by atoms with E-state index in [9.17, 15) is 4.57 Å². The lowest BCUT2D eigenvalue weighted by molar-refractivity contribution is 0.221. The zero-order chi connectivity index (χ0) is 9.23. The first-order valence-corrected chi connectivity index (χ1v) is 5.83. The maximum atomic E-state index is 10.9. The van der Waals surface area contributed by atoms with E-state index < -0.39 is 8.25 Å². The molecule has 13 heavy (non-hydrogen) atoms. The molecule has 0 fully saturated rings. The summed E-state index contributed by atoms with van der Waals surface area (Å²) in [6.07, 6.45) is 4.02. The Balaban J connectivity index is 0. The van der Waals surface area contributed by atoms with Gasteiger partial charge in [-0.15, -0.1) is 0 Å². The van der Waals surface area contributed by atoms with Crippen LogP contribution in [0.4, 0.5) is 0 Å². The van der Waals surface area contributed by atoms with E-state index in [-0.39, 0.29) is 6.15 Å². The van der Waals surface area contributed by atoms with E-state index >= 15 is 0 Å². The van der Waals surface area contributed by atoms with Crippen molar-refractivity contribution in [1.82, 2.24) is 6.15 Å². The summed E-state index contributed by atoms with van der Waals surface area (Å²) in [5.74, 6) is 0. The summed E-state index contributed by atoms with van der Waals surface area (Å²) in [5, 5.41) is 0. The first kappa shape index (κ1) is 15.6. The van der Waals surface area contributed by atoms with Crippen molar-refractivity contribution in [3.63, 3.8) is 0 Å². The predicted octanol–water partition coefficient (Wildman–Crippen LogP) is 3.17. The fourth-order valence-electron chi connectivity index (χ4n) is 0.641. The molecule has 0 radical (unpaired) electrons. The average molecular weight is 211 g/mol. The molecule has 0 spiro atoms. The molecule has 0 bridgehead atoms. The van der Waals surface area contributed by atoms with Crippen LogP contribution in [0.3, 0.4) is 0 Å². The maximum absolute atomic E-state index is 10.9. The van der Waals surface area contributed by atoms with Gasteiger partial charge in [-0.2, -0.15) is 0 Å². The molecule has 4 nitrogen and oxygen atoms in total. The van der Waals surface area contributed by atoms with Gasteiger partial charge in [-0.25, -0.2) is 0 Å². The molecule has 0 aliphatic carbocycles. The SMILES string of the molecule is CCCCO[PH](=O)OCCCC.N. The van der Waals surface area contributed by atoms with Gasteiger partial charge in [0.2, 0.25) is 0 Å². The number of unbranched alkanes of at least 4 members (excludes halogenated alkanes) is 2. The molecule has 0 aliphatic heterocycles. The Hall–Kier alpha value is 0.110. The van der Waals surface area contributed by atoms with Crippen LogP contribution >= 0.6 is 8.25 Å². The topological polar surface area (TPSA) is 70.5 Å². The van der Waals surface area contributed by atoms with Gasteiger partial charge in [-0.1, -0.05) is 26.7 Å². The van der Waals surface area contributed by atoms with Crippen LogP contribution in [0, 0.1) is 0 Å². The van der Waals surface area contributed by atoms with Gasteiger partial charge in [0.25, 0.3) is 0 Å². The molecule has 0 saturated heterocycles. The third-order valence-corrected chi connectivity index (χ3v) is 2.32. The lowest BCUT2D eigenvalue weighted by Gasteiger charge is -2.03. The zero-order valence-corrected chi connectivity index (χ0v) is 9.67. The maximum Gasteiger partial charge on any atom is 0.319 e. The molecule has 3 N–H and O–H groups in total. The molecule has 0 heterocycles. The van der Waals surface area contributed by atoms with Crippen molar-refractivity contribution in [3.8, 4) is 0 Å². The van der Waals surface area contributed by atoms with E-state index in [4.69, 9.17) is 9.05 Å². The fraction of sp³-hybridized carbons (Fsp3) is 1.00. The molecule has 5 heteroatoms. The van der Waals surface area contributed by atoms with Crippen LogP contribution in [0.25, 0.3) is 0 Å². The van der Waals surface area contributed by atoms with Crippen molar-refractivity contribution in [2.75, 3.05) is 13.2 Å². The Bertz CT molecular complexity index is 110. The van der Waals surface area contributed by atoms with Gasteiger partial charge < -0.3 is 15.2 Å². The molecule has 0 saturated carbocycles. The van der Waals surface area contributed by atoms with Gasteiger partial charge in [0.05, 0.1) is 13.2 Å². The van der Waals surface area contributed by atoms with Crippen molar-refractivity contribution in [1.29, 1.82) is 0 Å². The first-order chi connectivity index (χ1) is 5.81. The van der Waals surface area contributed by atoms with Crippen LogP contribution in [-0.4, -0.2) is 13.2 Å². The fourth-order valence-corrected chi connectivity index (χ4v) is 1.35. The average Bonchev–Trinajstić information content (AvgIpc) is 2.06. The number of rotatable bonds is 8. The minimum absolute atomic E-state index is 0. The van der Waals surface area contributed by atoms with E-state index in [1.807, 2.05) is 0 Å². The van der Waals surface area contributed by atoms with Crippen molar-refractivity contribution in [3.05, 3.63) is 0 Å². The Morgan fingerprint density at radius 2 is 1.38 bits per heavy atom. The lowest BCUT2D eigenvalue weighted by atomic mass is 10.4. The second kappa shape index (κ2) is 12.1. The molecule has 0 aromatic heterocycles. The Kier molecular flexibility index (Phi) is 14.5. The third-order valence-electron chi connectivity index (χ3n) is 1.44. The van der Waals surface area contributed by atoms with Crippen molar-refractivity contribution < 1.29 is 13.6 Å². The first-order valence-electron chi connectivity index (χ1n) is 4.60. The summed E-state index contributed by atoms with van der Waals surface area (Å²) in [5.41, 5.74) is 0. The quantitative estimate of drug-likeness (QED) is 0.494. The molecular formula is C8H22NO3P. The molecule has 82 valence electrons. The van der Waals surface area contributed by atoms with Crippen LogP contribution in [0.15, 0.2) is 0 Å². The monoisotopic (exact) mass is 211 g/mol. The highest BCUT2D eigenvalue weighted by Gasteiger charge is 1.97. The third kappa shape index (κ3) is 12.1. The Labute approximate surface area is 81.5 Å². The molecule has 0 rings (SSSR count). The number of hydrogen-bond donors (Lipinski definition) is 1. The zero-order valence-electron chi connectivity index (χ0n) is 8.67. The molecule has 0 atom stereocenters. The van der Waals surface area contributed by atoms with Gasteiger partial charge in [0, 0.05) is 0 Å². The van der Waals surface area contributed by atoms with Gasteiger partial charge in [0.1, 0.15) is 0 Å². The van der Waals surface area contributed by atoms with E-state index in [2.05, 4.69) is 13.8 Å². The largest absolute Gasteiger partial charge is 0.344 e. The van der Waals surface area contributed by atoms with Gasteiger partial charge in [-0.3, -0.25) is 4.57 Å². The Morgan fingerprint density at radius 3 is 1.69 bits per heavy atom. The molecule has 0 aliphatic rings. The lowest BCUT2D eigenvalue weighted by Crippen LogP contribution is -1.90. The van der Waals surface area contributed by atoms with Crippen LogP contribution in [0.2, 0.25) is 0 Å². The van der Waals surface area contributed by atoms with Crippen LogP contribution in [0.5, 0.6) is 0 Å². The van der Waals surface area contributed by atoms with E-state index in [0.717, 1.165) is 25.7 Å². The molecule has 0 amide bonds. The summed E-state index contributed by atoms with van der Waals surface area (Å²) in [7, 11) is -2.18. The van der Waals surface area contributed by atoms with Crippen LogP contribution in [0.1, 0.15) is 39.5 Å². The Morgan fingerprint density at radius 1 is 1.00 bits per heavy atom.